The summed E-state index contributed by atoms with van der Waals surface area (Å²) < 4.78 is 5.43. The van der Waals surface area contributed by atoms with E-state index in [4.69, 9.17) is 10.5 Å². The van der Waals surface area contributed by atoms with Gasteiger partial charge in [0.1, 0.15) is 0 Å². The molecule has 1 aromatic rings. The van der Waals surface area contributed by atoms with E-state index in [1.54, 1.807) is 6.07 Å². The Morgan fingerprint density at radius 1 is 1.63 bits per heavy atom. The van der Waals surface area contributed by atoms with Gasteiger partial charge in [0.2, 0.25) is 0 Å². The van der Waals surface area contributed by atoms with Crippen LogP contribution in [0.1, 0.15) is 34.3 Å². The van der Waals surface area contributed by atoms with Crippen molar-refractivity contribution in [1.82, 2.24) is 5.32 Å². The van der Waals surface area contributed by atoms with Crippen LogP contribution in [0.5, 0.6) is 0 Å². The standard InChI is InChI=1S/C14H18N2O2S/c1-14(7-3-9-18-10-14)16-13(17)12-6-5-11(19-12)4-2-8-15/h5-6H,3,7-10,15H2,1H3,(H,16,17). The topological polar surface area (TPSA) is 64.4 Å². The fraction of sp³-hybridized carbons (Fsp3) is 0.500. The number of thiophene rings is 1. The third kappa shape index (κ3) is 3.80. The minimum Gasteiger partial charge on any atom is -0.379 e. The van der Waals surface area contributed by atoms with Crippen LogP contribution in [0.25, 0.3) is 0 Å². The fourth-order valence-corrected chi connectivity index (χ4v) is 2.81. The van der Waals surface area contributed by atoms with Crippen molar-refractivity contribution < 1.29 is 9.53 Å². The summed E-state index contributed by atoms with van der Waals surface area (Å²) >= 11 is 1.39. The summed E-state index contributed by atoms with van der Waals surface area (Å²) in [5, 5.41) is 3.05. The van der Waals surface area contributed by atoms with Gasteiger partial charge in [-0.25, -0.2) is 0 Å². The smallest absolute Gasteiger partial charge is 0.261 e. The van der Waals surface area contributed by atoms with Gasteiger partial charge in [0.15, 0.2) is 0 Å². The number of nitrogens with two attached hydrogens (primary N) is 1. The Kier molecular flexibility index (Phi) is 4.59. The van der Waals surface area contributed by atoms with Crippen LogP contribution in [0.3, 0.4) is 0 Å². The first-order chi connectivity index (χ1) is 9.13. The monoisotopic (exact) mass is 278 g/mol. The number of rotatable bonds is 2. The second kappa shape index (κ2) is 6.20. The molecule has 5 heteroatoms. The largest absolute Gasteiger partial charge is 0.379 e. The molecule has 1 atom stereocenters. The van der Waals surface area contributed by atoms with Crippen molar-refractivity contribution in [3.8, 4) is 11.8 Å². The zero-order valence-electron chi connectivity index (χ0n) is 11.0. The van der Waals surface area contributed by atoms with Crippen molar-refractivity contribution in [2.24, 2.45) is 5.73 Å². The van der Waals surface area contributed by atoms with Gasteiger partial charge in [0.05, 0.1) is 28.4 Å². The second-order valence-electron chi connectivity index (χ2n) is 4.84. The number of ether oxygens (including phenoxy) is 1. The second-order valence-corrected chi connectivity index (χ2v) is 5.92. The molecule has 2 heterocycles. The van der Waals surface area contributed by atoms with Crippen LogP contribution >= 0.6 is 11.3 Å². The number of amides is 1. The molecule has 0 bridgehead atoms. The highest BCUT2D eigenvalue weighted by atomic mass is 32.1. The zero-order valence-corrected chi connectivity index (χ0v) is 11.8. The lowest BCUT2D eigenvalue weighted by Crippen LogP contribution is -2.51. The highest BCUT2D eigenvalue weighted by Gasteiger charge is 2.29. The molecule has 0 saturated carbocycles. The average molecular weight is 278 g/mol. The van der Waals surface area contributed by atoms with Gasteiger partial charge in [0.25, 0.3) is 5.91 Å². The first kappa shape index (κ1) is 14.1. The van der Waals surface area contributed by atoms with E-state index in [2.05, 4.69) is 17.2 Å². The van der Waals surface area contributed by atoms with E-state index in [-0.39, 0.29) is 11.4 Å². The number of hydrogen-bond acceptors (Lipinski definition) is 4. The first-order valence-corrected chi connectivity index (χ1v) is 7.14. The SMILES string of the molecule is CC1(NC(=O)c2ccc(C#CCN)s2)CCCOC1. The van der Waals surface area contributed by atoms with Crippen LogP contribution in [-0.2, 0) is 4.74 Å². The lowest BCUT2D eigenvalue weighted by molar-refractivity contribution is 0.0274. The molecule has 0 aliphatic carbocycles. The molecule has 1 aromatic heterocycles. The van der Waals surface area contributed by atoms with Crippen molar-refractivity contribution in [3.05, 3.63) is 21.9 Å². The summed E-state index contributed by atoms with van der Waals surface area (Å²) in [5.74, 6) is 5.66. The van der Waals surface area contributed by atoms with Gasteiger partial charge in [-0.1, -0.05) is 11.8 Å². The van der Waals surface area contributed by atoms with Crippen molar-refractivity contribution >= 4 is 17.2 Å². The van der Waals surface area contributed by atoms with Crippen LogP contribution in [0.15, 0.2) is 12.1 Å². The van der Waals surface area contributed by atoms with Gasteiger partial charge in [-0.2, -0.15) is 0 Å². The lowest BCUT2D eigenvalue weighted by atomic mass is 9.95. The molecule has 4 nitrogen and oxygen atoms in total. The van der Waals surface area contributed by atoms with Crippen molar-refractivity contribution in [2.45, 2.75) is 25.3 Å². The maximum Gasteiger partial charge on any atom is 0.261 e. The first-order valence-electron chi connectivity index (χ1n) is 6.32. The predicted molar refractivity (Wildman–Crippen MR) is 76.2 cm³/mol. The molecule has 0 spiro atoms. The molecule has 1 aliphatic heterocycles. The predicted octanol–water partition coefficient (Wildman–Crippen LogP) is 1.36. The summed E-state index contributed by atoms with van der Waals surface area (Å²) in [4.78, 5) is 13.7. The zero-order chi connectivity index (χ0) is 13.7. The van der Waals surface area contributed by atoms with E-state index >= 15 is 0 Å². The van der Waals surface area contributed by atoms with Crippen LogP contribution in [0, 0.1) is 11.8 Å². The van der Waals surface area contributed by atoms with E-state index < -0.39 is 0 Å². The van der Waals surface area contributed by atoms with Crippen molar-refractivity contribution in [1.29, 1.82) is 0 Å². The van der Waals surface area contributed by atoms with Gasteiger partial charge in [0, 0.05) is 6.61 Å². The molecule has 1 fully saturated rings. The van der Waals surface area contributed by atoms with Crippen molar-refractivity contribution in [2.75, 3.05) is 19.8 Å². The normalized spacial score (nSPS) is 22.4. The van der Waals surface area contributed by atoms with Gasteiger partial charge in [-0.3, -0.25) is 4.79 Å². The molecule has 1 amide bonds. The molecular formula is C14H18N2O2S. The van der Waals surface area contributed by atoms with Gasteiger partial charge < -0.3 is 15.8 Å². The Bertz CT molecular complexity index is 507. The third-order valence-corrected chi connectivity index (χ3v) is 4.00. The molecule has 1 aliphatic rings. The summed E-state index contributed by atoms with van der Waals surface area (Å²) in [7, 11) is 0. The molecule has 0 aromatic carbocycles. The number of carbonyl (C=O) groups excluding carboxylic acids is 1. The lowest BCUT2D eigenvalue weighted by Gasteiger charge is -2.34. The molecular weight excluding hydrogens is 260 g/mol. The molecule has 3 N–H and O–H groups in total. The molecule has 2 rings (SSSR count). The summed E-state index contributed by atoms with van der Waals surface area (Å²) in [6.07, 6.45) is 1.93. The Morgan fingerprint density at radius 2 is 2.47 bits per heavy atom. The van der Waals surface area contributed by atoms with Crippen LogP contribution in [0.4, 0.5) is 0 Å². The quantitative estimate of drug-likeness (QED) is 0.803. The van der Waals surface area contributed by atoms with E-state index in [1.165, 1.54) is 11.3 Å². The highest BCUT2D eigenvalue weighted by Crippen LogP contribution is 2.21. The third-order valence-electron chi connectivity index (χ3n) is 3.00. The van der Waals surface area contributed by atoms with Crippen molar-refractivity contribution in [3.63, 3.8) is 0 Å². The molecule has 102 valence electrons. The van der Waals surface area contributed by atoms with E-state index in [9.17, 15) is 4.79 Å². The molecule has 19 heavy (non-hydrogen) atoms. The maximum atomic E-state index is 12.2. The average Bonchev–Trinajstić information content (AvgIpc) is 2.85. The van der Waals surface area contributed by atoms with Gasteiger partial charge >= 0.3 is 0 Å². The maximum absolute atomic E-state index is 12.2. The van der Waals surface area contributed by atoms with Crippen LogP contribution in [0.2, 0.25) is 0 Å². The Labute approximate surface area is 117 Å². The highest BCUT2D eigenvalue weighted by molar-refractivity contribution is 7.14. The Morgan fingerprint density at radius 3 is 3.16 bits per heavy atom. The van der Waals surface area contributed by atoms with E-state index in [0.29, 0.717) is 18.0 Å². The Balaban J connectivity index is 2.01. The fourth-order valence-electron chi connectivity index (χ4n) is 2.03. The Hall–Kier alpha value is -1.35. The minimum absolute atomic E-state index is 0.0567. The van der Waals surface area contributed by atoms with E-state index in [0.717, 1.165) is 24.3 Å². The van der Waals surface area contributed by atoms with Gasteiger partial charge in [-0.05, 0) is 31.9 Å². The molecule has 1 unspecified atom stereocenters. The van der Waals surface area contributed by atoms with Crippen LogP contribution in [-0.4, -0.2) is 31.2 Å². The molecule has 1 saturated heterocycles. The van der Waals surface area contributed by atoms with Gasteiger partial charge in [-0.15, -0.1) is 11.3 Å². The molecule has 0 radical (unpaired) electrons. The summed E-state index contributed by atoms with van der Waals surface area (Å²) in [6, 6.07) is 3.65. The summed E-state index contributed by atoms with van der Waals surface area (Å²) in [5.41, 5.74) is 5.06. The van der Waals surface area contributed by atoms with Crippen LogP contribution < -0.4 is 11.1 Å². The number of hydrogen-bond donors (Lipinski definition) is 2. The number of carbonyl (C=O) groups is 1. The minimum atomic E-state index is -0.261. The van der Waals surface area contributed by atoms with E-state index in [1.807, 2.05) is 13.0 Å². The summed E-state index contributed by atoms with van der Waals surface area (Å²) in [6.45, 7) is 3.70. The number of nitrogens with one attached hydrogen (secondary N) is 1.